The number of rotatable bonds is 4. The zero-order chi connectivity index (χ0) is 12.4. The predicted octanol–water partition coefficient (Wildman–Crippen LogP) is 0.450. The van der Waals surface area contributed by atoms with Crippen molar-refractivity contribution in [1.82, 2.24) is 10.2 Å². The summed E-state index contributed by atoms with van der Waals surface area (Å²) in [6, 6.07) is -0.715. The first kappa shape index (κ1) is 12.4. The fourth-order valence-electron chi connectivity index (χ4n) is 2.76. The van der Waals surface area contributed by atoms with E-state index in [0.717, 1.165) is 38.6 Å². The second-order valence-electron chi connectivity index (χ2n) is 4.98. The molecule has 96 valence electrons. The SMILES string of the molecule is CNC(=O)C1CCCCN1C(C(=O)O)C1CC1. The van der Waals surface area contributed by atoms with Gasteiger partial charge in [-0.1, -0.05) is 6.42 Å². The van der Waals surface area contributed by atoms with Gasteiger partial charge in [0.25, 0.3) is 0 Å². The van der Waals surface area contributed by atoms with E-state index in [9.17, 15) is 14.7 Å². The number of carboxylic acids is 1. The van der Waals surface area contributed by atoms with Gasteiger partial charge in [-0.15, -0.1) is 0 Å². The Bertz CT molecular complexity index is 315. The van der Waals surface area contributed by atoms with Crippen molar-refractivity contribution < 1.29 is 14.7 Å². The zero-order valence-corrected chi connectivity index (χ0v) is 10.2. The van der Waals surface area contributed by atoms with Gasteiger partial charge in [0.15, 0.2) is 0 Å². The first-order valence-electron chi connectivity index (χ1n) is 6.35. The molecule has 0 aromatic carbocycles. The Hall–Kier alpha value is -1.10. The number of hydrogen-bond acceptors (Lipinski definition) is 3. The van der Waals surface area contributed by atoms with Gasteiger partial charge >= 0.3 is 5.97 Å². The Morgan fingerprint density at radius 2 is 2.00 bits per heavy atom. The lowest BCUT2D eigenvalue weighted by atomic mass is 9.97. The molecule has 1 saturated carbocycles. The Morgan fingerprint density at radius 1 is 1.29 bits per heavy atom. The highest BCUT2D eigenvalue weighted by atomic mass is 16.4. The molecule has 0 spiro atoms. The van der Waals surface area contributed by atoms with Gasteiger partial charge in [-0.2, -0.15) is 0 Å². The van der Waals surface area contributed by atoms with Gasteiger partial charge in [0.2, 0.25) is 5.91 Å². The fourth-order valence-corrected chi connectivity index (χ4v) is 2.76. The highest BCUT2D eigenvalue weighted by molar-refractivity contribution is 5.83. The molecular formula is C12H20N2O3. The molecule has 5 heteroatoms. The molecule has 0 radical (unpaired) electrons. The van der Waals surface area contributed by atoms with Crippen molar-refractivity contribution in [2.24, 2.45) is 5.92 Å². The average molecular weight is 240 g/mol. The van der Waals surface area contributed by atoms with Crippen LogP contribution in [0.4, 0.5) is 0 Å². The van der Waals surface area contributed by atoms with Gasteiger partial charge < -0.3 is 10.4 Å². The maximum Gasteiger partial charge on any atom is 0.321 e. The van der Waals surface area contributed by atoms with Crippen LogP contribution in [0.15, 0.2) is 0 Å². The van der Waals surface area contributed by atoms with Gasteiger partial charge in [0, 0.05) is 7.05 Å². The molecule has 2 N–H and O–H groups in total. The van der Waals surface area contributed by atoms with E-state index in [-0.39, 0.29) is 17.9 Å². The summed E-state index contributed by atoms with van der Waals surface area (Å²) in [4.78, 5) is 25.1. The summed E-state index contributed by atoms with van der Waals surface area (Å²) in [5.74, 6) is -0.572. The van der Waals surface area contributed by atoms with E-state index in [1.54, 1.807) is 7.05 Å². The average Bonchev–Trinajstić information content (AvgIpc) is 3.13. The lowest BCUT2D eigenvalue weighted by molar-refractivity contribution is -0.147. The van der Waals surface area contributed by atoms with Gasteiger partial charge in [0.1, 0.15) is 6.04 Å². The number of likely N-dealkylation sites (tertiary alicyclic amines) is 1. The third kappa shape index (κ3) is 2.60. The van der Waals surface area contributed by atoms with Crippen LogP contribution in [0.2, 0.25) is 0 Å². The number of hydrogen-bond donors (Lipinski definition) is 2. The van der Waals surface area contributed by atoms with Crippen molar-refractivity contribution in [2.45, 2.75) is 44.2 Å². The summed E-state index contributed by atoms with van der Waals surface area (Å²) in [5, 5.41) is 12.0. The molecule has 2 rings (SSSR count). The van der Waals surface area contributed by atoms with E-state index in [4.69, 9.17) is 0 Å². The first-order chi connectivity index (χ1) is 8.15. The molecule has 1 amide bonds. The number of nitrogens with zero attached hydrogens (tertiary/aromatic N) is 1. The summed E-state index contributed by atoms with van der Waals surface area (Å²) in [6.45, 7) is 0.728. The highest BCUT2D eigenvalue weighted by Crippen LogP contribution is 2.37. The molecule has 0 aromatic rings. The van der Waals surface area contributed by atoms with Gasteiger partial charge in [0.05, 0.1) is 6.04 Å². The van der Waals surface area contributed by atoms with E-state index >= 15 is 0 Å². The molecular weight excluding hydrogens is 220 g/mol. The highest BCUT2D eigenvalue weighted by Gasteiger charge is 2.44. The molecule has 1 aliphatic heterocycles. The second-order valence-corrected chi connectivity index (χ2v) is 4.98. The van der Waals surface area contributed by atoms with Crippen molar-refractivity contribution in [3.05, 3.63) is 0 Å². The number of carbonyl (C=O) groups is 2. The molecule has 2 atom stereocenters. The van der Waals surface area contributed by atoms with Gasteiger partial charge in [-0.25, -0.2) is 0 Å². The van der Waals surface area contributed by atoms with Crippen LogP contribution >= 0.6 is 0 Å². The van der Waals surface area contributed by atoms with E-state index in [1.807, 2.05) is 4.90 Å². The van der Waals surface area contributed by atoms with Crippen LogP contribution in [0, 0.1) is 5.92 Å². The molecule has 1 heterocycles. The molecule has 2 fully saturated rings. The lowest BCUT2D eigenvalue weighted by Gasteiger charge is -2.38. The topological polar surface area (TPSA) is 69.6 Å². The molecule has 2 unspecified atom stereocenters. The van der Waals surface area contributed by atoms with Crippen LogP contribution in [0.25, 0.3) is 0 Å². The Balaban J connectivity index is 2.13. The molecule has 5 nitrogen and oxygen atoms in total. The van der Waals surface area contributed by atoms with Crippen molar-refractivity contribution in [1.29, 1.82) is 0 Å². The van der Waals surface area contributed by atoms with E-state index in [1.165, 1.54) is 0 Å². The summed E-state index contributed by atoms with van der Waals surface area (Å²) in [7, 11) is 1.61. The second kappa shape index (κ2) is 5.04. The smallest absolute Gasteiger partial charge is 0.321 e. The van der Waals surface area contributed by atoms with Crippen LogP contribution in [-0.2, 0) is 9.59 Å². The summed E-state index contributed by atoms with van der Waals surface area (Å²) < 4.78 is 0. The number of amides is 1. The van der Waals surface area contributed by atoms with E-state index < -0.39 is 12.0 Å². The minimum atomic E-state index is -0.775. The Morgan fingerprint density at radius 3 is 2.53 bits per heavy atom. The quantitative estimate of drug-likeness (QED) is 0.748. The van der Waals surface area contributed by atoms with Crippen LogP contribution in [0.1, 0.15) is 32.1 Å². The third-order valence-electron chi connectivity index (χ3n) is 3.77. The van der Waals surface area contributed by atoms with Crippen LogP contribution < -0.4 is 5.32 Å². The van der Waals surface area contributed by atoms with Gasteiger partial charge in [-0.05, 0) is 38.1 Å². The number of likely N-dealkylation sites (N-methyl/N-ethyl adjacent to an activating group) is 1. The van der Waals surface area contributed by atoms with Crippen molar-refractivity contribution in [3.8, 4) is 0 Å². The number of aliphatic carboxylic acids is 1. The summed E-state index contributed by atoms with van der Waals surface area (Å²) in [5.41, 5.74) is 0. The van der Waals surface area contributed by atoms with Crippen molar-refractivity contribution >= 4 is 11.9 Å². The standard InChI is InChI=1S/C12H20N2O3/c1-13-11(15)9-4-2-3-7-14(9)10(12(16)17)8-5-6-8/h8-10H,2-7H2,1H3,(H,13,15)(H,16,17). The molecule has 1 saturated heterocycles. The molecule has 17 heavy (non-hydrogen) atoms. The lowest BCUT2D eigenvalue weighted by Crippen LogP contribution is -2.56. The van der Waals surface area contributed by atoms with E-state index in [2.05, 4.69) is 5.32 Å². The maximum absolute atomic E-state index is 11.8. The summed E-state index contributed by atoms with van der Waals surface area (Å²) >= 11 is 0. The largest absolute Gasteiger partial charge is 0.480 e. The van der Waals surface area contributed by atoms with Gasteiger partial charge in [-0.3, -0.25) is 14.5 Å². The molecule has 2 aliphatic rings. The number of carbonyl (C=O) groups excluding carboxylic acids is 1. The molecule has 0 aromatic heterocycles. The van der Waals surface area contributed by atoms with Crippen molar-refractivity contribution in [2.75, 3.05) is 13.6 Å². The minimum Gasteiger partial charge on any atom is -0.480 e. The maximum atomic E-state index is 11.8. The molecule has 1 aliphatic carbocycles. The zero-order valence-electron chi connectivity index (χ0n) is 10.2. The first-order valence-corrected chi connectivity index (χ1v) is 6.35. The van der Waals surface area contributed by atoms with Crippen LogP contribution in [0.3, 0.4) is 0 Å². The predicted molar refractivity (Wildman–Crippen MR) is 62.6 cm³/mol. The number of carboxylic acid groups (broad SMARTS) is 1. The normalized spacial score (nSPS) is 27.5. The Labute approximate surface area is 101 Å². The third-order valence-corrected chi connectivity index (χ3v) is 3.77. The van der Waals surface area contributed by atoms with E-state index in [0.29, 0.717) is 0 Å². The molecule has 0 bridgehead atoms. The number of nitrogens with one attached hydrogen (secondary N) is 1. The van der Waals surface area contributed by atoms with Crippen LogP contribution in [0.5, 0.6) is 0 Å². The minimum absolute atomic E-state index is 0.0448. The Kier molecular flexibility index (Phi) is 3.66. The number of piperidine rings is 1. The van der Waals surface area contributed by atoms with Crippen molar-refractivity contribution in [3.63, 3.8) is 0 Å². The van der Waals surface area contributed by atoms with Crippen LogP contribution in [-0.4, -0.2) is 47.6 Å². The fraction of sp³-hybridized carbons (Fsp3) is 0.833. The summed E-state index contributed by atoms with van der Waals surface area (Å²) in [6.07, 6.45) is 4.73. The monoisotopic (exact) mass is 240 g/mol.